The molecule has 0 saturated heterocycles. The first-order valence-electron chi connectivity index (χ1n) is 11.8. The molecule has 1 heterocycles. The van der Waals surface area contributed by atoms with Gasteiger partial charge in [-0.1, -0.05) is 110 Å². The zero-order valence-corrected chi connectivity index (χ0v) is 21.1. The molecule has 0 atom stereocenters. The molecule has 176 valence electrons. The molecule has 4 heteroatoms. The molecule has 0 unspecified atom stereocenters. The van der Waals surface area contributed by atoms with E-state index in [4.69, 9.17) is 4.84 Å². The Morgan fingerprint density at radius 1 is 0.694 bits per heavy atom. The maximum Gasteiger partial charge on any atom is 0.163 e. The quantitative estimate of drug-likeness (QED) is 0.262. The van der Waals surface area contributed by atoms with Gasteiger partial charge in [-0.3, -0.25) is 4.99 Å². The van der Waals surface area contributed by atoms with Crippen LogP contribution in [-0.4, -0.2) is 11.8 Å². The van der Waals surface area contributed by atoms with Gasteiger partial charge in [0.25, 0.3) is 0 Å². The average Bonchev–Trinajstić information content (AvgIpc) is 2.95. The van der Waals surface area contributed by atoms with Crippen molar-refractivity contribution in [3.63, 3.8) is 0 Å². The highest BCUT2D eigenvalue weighted by Gasteiger charge is 2.17. The first-order valence-corrected chi connectivity index (χ1v) is 13.2. The molecule has 5 rings (SSSR count). The van der Waals surface area contributed by atoms with Gasteiger partial charge in [0.2, 0.25) is 0 Å². The number of hydrogen-bond acceptors (Lipinski definition) is 2. The van der Waals surface area contributed by atoms with Gasteiger partial charge in [0.15, 0.2) is 11.2 Å². The molecule has 0 bridgehead atoms. The molecule has 0 saturated carbocycles. The van der Waals surface area contributed by atoms with Crippen molar-refractivity contribution in [2.24, 2.45) is 4.99 Å². The third kappa shape index (κ3) is 5.07. The normalized spacial score (nSPS) is 11.4. The molecule has 0 aliphatic heterocycles. The van der Waals surface area contributed by atoms with E-state index in [0.717, 1.165) is 27.9 Å². The van der Waals surface area contributed by atoms with Crippen molar-refractivity contribution in [1.29, 1.82) is 0 Å². The third-order valence-electron chi connectivity index (χ3n) is 5.93. The summed E-state index contributed by atoms with van der Waals surface area (Å²) in [5.41, 5.74) is 3.83. The number of rotatable bonds is 7. The second kappa shape index (κ2) is 11.0. The topological polar surface area (TPSA) is 26.5 Å². The van der Waals surface area contributed by atoms with E-state index >= 15 is 0 Å². The van der Waals surface area contributed by atoms with Gasteiger partial charge in [0.1, 0.15) is 0 Å². The molecule has 5 aromatic rings. The minimum Gasteiger partial charge on any atom is -0.373 e. The van der Waals surface area contributed by atoms with Gasteiger partial charge in [-0.15, -0.1) is 0 Å². The van der Waals surface area contributed by atoms with E-state index in [1.165, 1.54) is 15.9 Å². The molecule has 0 radical (unpaired) electrons. The summed E-state index contributed by atoms with van der Waals surface area (Å²) in [6.45, 7) is 3.91. The van der Waals surface area contributed by atoms with Crippen LogP contribution in [0, 0.1) is 0 Å². The molecular weight excluding hydrogens is 459 g/mol. The van der Waals surface area contributed by atoms with E-state index in [1.807, 2.05) is 36.5 Å². The van der Waals surface area contributed by atoms with Crippen LogP contribution in [0.4, 0.5) is 0 Å². The first kappa shape index (κ1) is 23.5. The molecule has 3 nitrogen and oxygen atoms in total. The molecule has 4 aromatic carbocycles. The molecule has 0 N–H and O–H groups in total. The van der Waals surface area contributed by atoms with Crippen molar-refractivity contribution >= 4 is 29.9 Å². The maximum atomic E-state index is 6.26. The van der Waals surface area contributed by atoms with Crippen LogP contribution in [0.25, 0.3) is 17.2 Å². The lowest BCUT2D eigenvalue weighted by Crippen LogP contribution is -2.24. The van der Waals surface area contributed by atoms with Gasteiger partial charge in [0.05, 0.1) is 6.20 Å². The number of aromatic nitrogens is 1. The largest absolute Gasteiger partial charge is 0.373 e. The Labute approximate surface area is 213 Å². The van der Waals surface area contributed by atoms with Gasteiger partial charge >= 0.3 is 0 Å². The van der Waals surface area contributed by atoms with E-state index in [2.05, 4.69) is 103 Å². The smallest absolute Gasteiger partial charge is 0.163 e. The molecule has 0 aliphatic rings. The Kier molecular flexibility index (Phi) is 7.21. The molecule has 0 aliphatic carbocycles. The van der Waals surface area contributed by atoms with Gasteiger partial charge in [0, 0.05) is 18.2 Å². The molecule has 0 spiro atoms. The molecule has 0 fully saturated rings. The lowest BCUT2D eigenvalue weighted by Gasteiger charge is -2.20. The predicted molar refractivity (Wildman–Crippen MR) is 153 cm³/mol. The summed E-state index contributed by atoms with van der Waals surface area (Å²) in [5, 5.41) is 3.96. The zero-order valence-electron chi connectivity index (χ0n) is 20.2. The minimum absolute atomic E-state index is 0.684. The van der Waals surface area contributed by atoms with E-state index < -0.39 is 7.92 Å². The van der Waals surface area contributed by atoms with Crippen LogP contribution in [0.3, 0.4) is 0 Å². The highest BCUT2D eigenvalue weighted by Crippen LogP contribution is 2.34. The Morgan fingerprint density at radius 3 is 2.00 bits per heavy atom. The molecular formula is C32H27N2OP. The molecule has 36 heavy (non-hydrogen) atoms. The summed E-state index contributed by atoms with van der Waals surface area (Å²) in [5.74, 6) is 0.727. The van der Waals surface area contributed by atoms with E-state index in [-0.39, 0.29) is 0 Å². The van der Waals surface area contributed by atoms with E-state index in [0.29, 0.717) is 0 Å². The first-order chi connectivity index (χ1) is 17.8. The minimum atomic E-state index is -0.684. The van der Waals surface area contributed by atoms with Crippen molar-refractivity contribution < 1.29 is 4.84 Å². The number of pyridine rings is 1. The zero-order chi connectivity index (χ0) is 24.7. The van der Waals surface area contributed by atoms with Crippen molar-refractivity contribution in [2.75, 3.05) is 7.05 Å². The number of hydrogen-bond donors (Lipinski definition) is 0. The number of nitrogens with zero attached hydrogens (tertiary/aromatic N) is 2. The maximum absolute atomic E-state index is 6.26. The number of benzene rings is 4. The Morgan fingerprint density at radius 2 is 1.33 bits per heavy atom. The van der Waals surface area contributed by atoms with E-state index in [1.54, 1.807) is 17.9 Å². The summed E-state index contributed by atoms with van der Waals surface area (Å²) >= 11 is 0. The fraction of sp³-hybridized carbons (Fsp3) is 0.0312. The monoisotopic (exact) mass is 486 g/mol. The van der Waals surface area contributed by atoms with E-state index in [9.17, 15) is 0 Å². The highest BCUT2D eigenvalue weighted by molar-refractivity contribution is 7.79. The summed E-state index contributed by atoms with van der Waals surface area (Å²) < 4.78 is 1.72. The Hall–Kier alpha value is -4.20. The van der Waals surface area contributed by atoms with Crippen LogP contribution in [-0.2, 0) is 0 Å². The standard InChI is InChI=1S/C32H27N2OP/c1-3-25-13-10-11-20-31(25)35-34-24-27(21-22-32(34)33-2)26-14-12-19-30(23-26)36(28-15-6-4-7-16-28)29-17-8-5-9-18-29/h3-24H,1H2,2H3. The lowest BCUT2D eigenvalue weighted by atomic mass is 10.1. The molecule has 0 amide bonds. The van der Waals surface area contributed by atoms with Crippen LogP contribution in [0.1, 0.15) is 5.56 Å². The lowest BCUT2D eigenvalue weighted by molar-refractivity contribution is 0.201. The second-order valence-electron chi connectivity index (χ2n) is 8.22. The summed E-state index contributed by atoms with van der Waals surface area (Å²) in [6, 6.07) is 42.2. The fourth-order valence-corrected chi connectivity index (χ4v) is 6.49. The van der Waals surface area contributed by atoms with Crippen LogP contribution in [0.2, 0.25) is 0 Å². The predicted octanol–water partition coefficient (Wildman–Crippen LogP) is 5.93. The van der Waals surface area contributed by atoms with Gasteiger partial charge in [-0.05, 0) is 53.7 Å². The SMILES string of the molecule is C=Cc1ccccc1On1cc(-c2cccc(P(c3ccccc3)c3ccccc3)c2)ccc1=NC. The van der Waals surface area contributed by atoms with Crippen LogP contribution < -0.4 is 26.2 Å². The fourth-order valence-electron chi connectivity index (χ4n) is 4.15. The van der Waals surface area contributed by atoms with Crippen LogP contribution in [0.5, 0.6) is 5.75 Å². The van der Waals surface area contributed by atoms with Crippen molar-refractivity contribution in [1.82, 2.24) is 4.73 Å². The van der Waals surface area contributed by atoms with Crippen molar-refractivity contribution in [3.05, 3.63) is 145 Å². The van der Waals surface area contributed by atoms with Crippen LogP contribution >= 0.6 is 7.92 Å². The third-order valence-corrected chi connectivity index (χ3v) is 8.35. The molecule has 1 aromatic heterocycles. The van der Waals surface area contributed by atoms with Crippen molar-refractivity contribution in [2.45, 2.75) is 0 Å². The summed E-state index contributed by atoms with van der Waals surface area (Å²) in [6.07, 6.45) is 3.79. The van der Waals surface area contributed by atoms with Crippen molar-refractivity contribution in [3.8, 4) is 16.9 Å². The summed E-state index contributed by atoms with van der Waals surface area (Å²) in [7, 11) is 1.08. The Balaban J connectivity index is 1.57. The van der Waals surface area contributed by atoms with Gasteiger partial charge < -0.3 is 4.84 Å². The Bertz CT molecular complexity index is 1500. The average molecular weight is 487 g/mol. The highest BCUT2D eigenvalue weighted by atomic mass is 31.1. The van der Waals surface area contributed by atoms with Gasteiger partial charge in [-0.25, -0.2) is 0 Å². The summed E-state index contributed by atoms with van der Waals surface area (Å²) in [4.78, 5) is 10.7. The van der Waals surface area contributed by atoms with Crippen LogP contribution in [0.15, 0.2) is 139 Å². The van der Waals surface area contributed by atoms with Gasteiger partial charge in [-0.2, -0.15) is 4.73 Å². The second-order valence-corrected chi connectivity index (χ2v) is 10.4. The number of para-hydroxylation sites is 1.